The molecule has 6 heteroatoms. The van der Waals surface area contributed by atoms with Crippen molar-refractivity contribution in [3.05, 3.63) is 62.6 Å². The van der Waals surface area contributed by atoms with Crippen molar-refractivity contribution in [3.63, 3.8) is 0 Å². The molecule has 1 aromatic carbocycles. The molecule has 2 N–H and O–H groups in total. The third-order valence-electron chi connectivity index (χ3n) is 3.48. The van der Waals surface area contributed by atoms with Gasteiger partial charge < -0.3 is 15.1 Å². The van der Waals surface area contributed by atoms with E-state index in [1.807, 2.05) is 29.6 Å². The number of thiophene rings is 1. The molecule has 2 aromatic heterocycles. The smallest absolute Gasteiger partial charge is 0.344 e. The van der Waals surface area contributed by atoms with Gasteiger partial charge in [0.2, 0.25) is 0 Å². The van der Waals surface area contributed by atoms with Crippen molar-refractivity contribution in [2.75, 3.05) is 5.32 Å². The average Bonchev–Trinajstić information content (AvgIpc) is 3.00. The first kappa shape index (κ1) is 12.2. The number of urea groups is 1. The minimum Gasteiger partial charge on any atom is -0.422 e. The standard InChI is InChI=1S/C15H10N2O3S/c18-14-11-12(8-4-1-2-5-9(8)20-14)16-15(19)17-13(11)10-6-3-7-21-10/h1-7,13H,(H2,16,17,19). The van der Waals surface area contributed by atoms with Crippen molar-refractivity contribution in [2.45, 2.75) is 6.04 Å². The molecule has 0 saturated carbocycles. The highest BCUT2D eigenvalue weighted by Crippen LogP contribution is 2.35. The molecule has 5 nitrogen and oxygen atoms in total. The molecule has 104 valence electrons. The van der Waals surface area contributed by atoms with Gasteiger partial charge in [-0.2, -0.15) is 0 Å². The van der Waals surface area contributed by atoms with Gasteiger partial charge in [-0.05, 0) is 23.6 Å². The van der Waals surface area contributed by atoms with Gasteiger partial charge in [-0.25, -0.2) is 9.59 Å². The zero-order valence-corrected chi connectivity index (χ0v) is 11.6. The van der Waals surface area contributed by atoms with E-state index in [-0.39, 0.29) is 6.03 Å². The number of rotatable bonds is 1. The van der Waals surface area contributed by atoms with Gasteiger partial charge in [0.05, 0.1) is 17.3 Å². The van der Waals surface area contributed by atoms with Gasteiger partial charge in [0.1, 0.15) is 5.58 Å². The van der Waals surface area contributed by atoms with Crippen molar-refractivity contribution in [2.24, 2.45) is 0 Å². The van der Waals surface area contributed by atoms with E-state index in [0.29, 0.717) is 16.8 Å². The number of benzene rings is 1. The molecule has 1 atom stereocenters. The average molecular weight is 298 g/mol. The summed E-state index contributed by atoms with van der Waals surface area (Å²) >= 11 is 1.49. The molecule has 0 fully saturated rings. The lowest BCUT2D eigenvalue weighted by molar-refractivity contribution is 0.249. The van der Waals surface area contributed by atoms with Gasteiger partial charge >= 0.3 is 11.7 Å². The van der Waals surface area contributed by atoms with Crippen molar-refractivity contribution >= 4 is 34.0 Å². The third-order valence-corrected chi connectivity index (χ3v) is 4.42. The summed E-state index contributed by atoms with van der Waals surface area (Å²) < 4.78 is 5.38. The maximum Gasteiger partial charge on any atom is 0.344 e. The molecular weight excluding hydrogens is 288 g/mol. The molecule has 1 unspecified atom stereocenters. The molecule has 3 aromatic rings. The second-order valence-electron chi connectivity index (χ2n) is 4.72. The number of hydrogen-bond acceptors (Lipinski definition) is 4. The molecule has 1 aliphatic rings. The van der Waals surface area contributed by atoms with Crippen molar-refractivity contribution in [1.29, 1.82) is 0 Å². The predicted octanol–water partition coefficient (Wildman–Crippen LogP) is 3.08. The van der Waals surface area contributed by atoms with Gasteiger partial charge in [-0.1, -0.05) is 18.2 Å². The molecule has 0 saturated heterocycles. The summed E-state index contributed by atoms with van der Waals surface area (Å²) in [6.45, 7) is 0. The van der Waals surface area contributed by atoms with E-state index >= 15 is 0 Å². The highest BCUT2D eigenvalue weighted by molar-refractivity contribution is 7.10. The van der Waals surface area contributed by atoms with Crippen molar-refractivity contribution < 1.29 is 9.21 Å². The van der Waals surface area contributed by atoms with Crippen LogP contribution in [0.3, 0.4) is 0 Å². The molecular formula is C15H10N2O3S. The topological polar surface area (TPSA) is 71.3 Å². The van der Waals surface area contributed by atoms with Crippen LogP contribution < -0.4 is 16.3 Å². The normalized spacial score (nSPS) is 17.1. The fourth-order valence-corrected chi connectivity index (χ4v) is 3.37. The molecule has 0 spiro atoms. The van der Waals surface area contributed by atoms with Crippen LogP contribution in [0.5, 0.6) is 0 Å². The Balaban J connectivity index is 2.06. The number of carbonyl (C=O) groups is 1. The van der Waals surface area contributed by atoms with Gasteiger partial charge in [0.15, 0.2) is 0 Å². The second-order valence-corrected chi connectivity index (χ2v) is 5.70. The summed E-state index contributed by atoms with van der Waals surface area (Å²) in [5.41, 5.74) is 1.00. The minimum absolute atomic E-state index is 0.323. The number of fused-ring (bicyclic) bond motifs is 3. The summed E-state index contributed by atoms with van der Waals surface area (Å²) in [6, 6.07) is 10.1. The van der Waals surface area contributed by atoms with Crippen molar-refractivity contribution in [3.8, 4) is 0 Å². The lowest BCUT2D eigenvalue weighted by Crippen LogP contribution is -2.40. The van der Waals surface area contributed by atoms with Crippen LogP contribution in [0.1, 0.15) is 16.5 Å². The fourth-order valence-electron chi connectivity index (χ4n) is 2.58. The molecule has 1 aliphatic heterocycles. The second kappa shape index (κ2) is 4.46. The molecule has 0 radical (unpaired) electrons. The fraction of sp³-hybridized carbons (Fsp3) is 0.0667. The Morgan fingerprint density at radius 1 is 1.10 bits per heavy atom. The van der Waals surface area contributed by atoms with E-state index in [9.17, 15) is 9.59 Å². The number of hydrogen-bond donors (Lipinski definition) is 2. The predicted molar refractivity (Wildman–Crippen MR) is 80.8 cm³/mol. The van der Waals surface area contributed by atoms with Gasteiger partial charge in [-0.15, -0.1) is 11.3 Å². The third kappa shape index (κ3) is 1.84. The Morgan fingerprint density at radius 3 is 2.76 bits per heavy atom. The van der Waals surface area contributed by atoms with Crippen LogP contribution in [-0.4, -0.2) is 6.03 Å². The summed E-state index contributed by atoms with van der Waals surface area (Å²) in [6.07, 6.45) is 0. The van der Waals surface area contributed by atoms with E-state index in [1.165, 1.54) is 11.3 Å². The first-order valence-corrected chi connectivity index (χ1v) is 7.28. The molecule has 2 amide bonds. The highest BCUT2D eigenvalue weighted by Gasteiger charge is 2.31. The SMILES string of the molecule is O=C1Nc2c(c(=O)oc3ccccc23)C(c2cccs2)N1. The highest BCUT2D eigenvalue weighted by atomic mass is 32.1. The first-order chi connectivity index (χ1) is 10.2. The Morgan fingerprint density at radius 2 is 1.95 bits per heavy atom. The number of anilines is 1. The van der Waals surface area contributed by atoms with E-state index in [0.717, 1.165) is 10.3 Å². The van der Waals surface area contributed by atoms with Crippen LogP contribution in [0.15, 0.2) is 51.0 Å². The lowest BCUT2D eigenvalue weighted by Gasteiger charge is -2.26. The minimum atomic E-state index is -0.477. The van der Waals surface area contributed by atoms with Crippen LogP contribution in [-0.2, 0) is 0 Å². The number of nitrogens with one attached hydrogen (secondary N) is 2. The monoisotopic (exact) mass is 298 g/mol. The van der Waals surface area contributed by atoms with Crippen molar-refractivity contribution in [1.82, 2.24) is 5.32 Å². The Kier molecular flexibility index (Phi) is 2.58. The number of para-hydroxylation sites is 1. The summed E-state index contributed by atoms with van der Waals surface area (Å²) in [5, 5.41) is 8.15. The Hall–Kier alpha value is -2.60. The molecule has 3 heterocycles. The van der Waals surface area contributed by atoms with Crippen LogP contribution in [0.2, 0.25) is 0 Å². The molecule has 0 aliphatic carbocycles. The van der Waals surface area contributed by atoms with Gasteiger partial charge in [-0.3, -0.25) is 0 Å². The summed E-state index contributed by atoms with van der Waals surface area (Å²) in [4.78, 5) is 25.2. The zero-order chi connectivity index (χ0) is 14.4. The quantitative estimate of drug-likeness (QED) is 0.678. The Bertz CT molecular complexity index is 899. The van der Waals surface area contributed by atoms with Crippen LogP contribution in [0.25, 0.3) is 11.0 Å². The van der Waals surface area contributed by atoms with Gasteiger partial charge in [0, 0.05) is 10.3 Å². The van der Waals surface area contributed by atoms with Crippen LogP contribution >= 0.6 is 11.3 Å². The maximum absolute atomic E-state index is 12.3. The molecule has 21 heavy (non-hydrogen) atoms. The van der Waals surface area contributed by atoms with E-state index in [4.69, 9.17) is 4.42 Å². The number of carbonyl (C=O) groups excluding carboxylic acids is 1. The summed E-state index contributed by atoms with van der Waals surface area (Å²) in [7, 11) is 0. The molecule has 0 bridgehead atoms. The lowest BCUT2D eigenvalue weighted by atomic mass is 10.0. The summed E-state index contributed by atoms with van der Waals surface area (Å²) in [5.74, 6) is 0. The van der Waals surface area contributed by atoms with Gasteiger partial charge in [0.25, 0.3) is 0 Å². The maximum atomic E-state index is 12.3. The first-order valence-electron chi connectivity index (χ1n) is 6.41. The number of amides is 2. The van der Waals surface area contributed by atoms with Crippen LogP contribution in [0, 0.1) is 0 Å². The van der Waals surface area contributed by atoms with E-state index in [1.54, 1.807) is 12.1 Å². The van der Waals surface area contributed by atoms with E-state index in [2.05, 4.69) is 10.6 Å². The van der Waals surface area contributed by atoms with E-state index < -0.39 is 11.7 Å². The Labute approximate surface area is 123 Å². The molecule has 4 rings (SSSR count). The van der Waals surface area contributed by atoms with Crippen LogP contribution in [0.4, 0.5) is 10.5 Å². The largest absolute Gasteiger partial charge is 0.422 e. The zero-order valence-electron chi connectivity index (χ0n) is 10.8.